The van der Waals surface area contributed by atoms with Crippen molar-refractivity contribution in [1.82, 2.24) is 4.90 Å². The summed E-state index contributed by atoms with van der Waals surface area (Å²) in [5.41, 5.74) is 15.3. The molecule has 1 saturated heterocycles. The highest BCUT2D eigenvalue weighted by Crippen LogP contribution is 2.27. The number of aryl methyl sites for hydroxylation is 2. The molecule has 1 aliphatic rings. The van der Waals surface area contributed by atoms with Crippen molar-refractivity contribution >= 4 is 5.91 Å². The summed E-state index contributed by atoms with van der Waals surface area (Å²) in [6, 6.07) is 6.68. The van der Waals surface area contributed by atoms with Crippen LogP contribution in [-0.4, -0.2) is 36.5 Å². The number of hydrogen-bond donors (Lipinski definition) is 2. The van der Waals surface area contributed by atoms with Crippen LogP contribution in [-0.2, 0) is 4.79 Å². The third-order valence-corrected chi connectivity index (χ3v) is 3.94. The van der Waals surface area contributed by atoms with Gasteiger partial charge in [0.25, 0.3) is 0 Å². The van der Waals surface area contributed by atoms with Crippen molar-refractivity contribution < 1.29 is 4.79 Å². The number of benzene rings is 1. The Morgan fingerprint density at radius 3 is 2.68 bits per heavy atom. The number of primary amides is 1. The number of hydrogen-bond acceptors (Lipinski definition) is 3. The summed E-state index contributed by atoms with van der Waals surface area (Å²) in [5, 5.41) is 0. The average molecular weight is 261 g/mol. The van der Waals surface area contributed by atoms with E-state index in [0.717, 1.165) is 19.5 Å². The highest BCUT2D eigenvalue weighted by Gasteiger charge is 2.26. The van der Waals surface area contributed by atoms with Crippen molar-refractivity contribution in [1.29, 1.82) is 0 Å². The summed E-state index contributed by atoms with van der Waals surface area (Å²) in [4.78, 5) is 13.1. The maximum atomic E-state index is 11.1. The van der Waals surface area contributed by atoms with Crippen molar-refractivity contribution in [3.8, 4) is 0 Å². The van der Waals surface area contributed by atoms with Crippen LogP contribution in [0.1, 0.15) is 29.0 Å². The lowest BCUT2D eigenvalue weighted by Crippen LogP contribution is -2.48. The first-order valence-electron chi connectivity index (χ1n) is 6.79. The van der Waals surface area contributed by atoms with Crippen molar-refractivity contribution in [2.24, 2.45) is 11.5 Å². The standard InChI is InChI=1S/C15H23N3O/c1-10-3-4-12(5-11(10)2)13-6-14(16)8-18(7-13)9-15(17)19/h3-5,13-14H,6-9,16H2,1-2H3,(H2,17,19). The Hall–Kier alpha value is -1.39. The molecule has 0 spiro atoms. The fourth-order valence-electron chi connectivity index (χ4n) is 2.84. The van der Waals surface area contributed by atoms with Crippen LogP contribution in [0.15, 0.2) is 18.2 Å². The number of likely N-dealkylation sites (tertiary alicyclic amines) is 1. The highest BCUT2D eigenvalue weighted by molar-refractivity contribution is 5.75. The van der Waals surface area contributed by atoms with Crippen LogP contribution < -0.4 is 11.5 Å². The molecule has 1 aromatic rings. The van der Waals surface area contributed by atoms with Crippen molar-refractivity contribution in [3.63, 3.8) is 0 Å². The third kappa shape index (κ3) is 3.55. The molecular weight excluding hydrogens is 238 g/mol. The van der Waals surface area contributed by atoms with Gasteiger partial charge in [-0.15, -0.1) is 0 Å². The minimum Gasteiger partial charge on any atom is -0.369 e. The zero-order valence-electron chi connectivity index (χ0n) is 11.7. The van der Waals surface area contributed by atoms with Gasteiger partial charge in [-0.3, -0.25) is 9.69 Å². The van der Waals surface area contributed by atoms with Gasteiger partial charge in [-0.2, -0.15) is 0 Å². The van der Waals surface area contributed by atoms with Crippen molar-refractivity contribution in [2.45, 2.75) is 32.2 Å². The molecule has 0 radical (unpaired) electrons. The van der Waals surface area contributed by atoms with Gasteiger partial charge >= 0.3 is 0 Å². The van der Waals surface area contributed by atoms with E-state index in [-0.39, 0.29) is 11.9 Å². The SMILES string of the molecule is Cc1ccc(C2CC(N)CN(CC(N)=O)C2)cc1C. The Morgan fingerprint density at radius 1 is 1.32 bits per heavy atom. The van der Waals surface area contributed by atoms with E-state index in [1.807, 2.05) is 0 Å². The van der Waals surface area contributed by atoms with E-state index in [4.69, 9.17) is 11.5 Å². The van der Waals surface area contributed by atoms with Crippen LogP contribution >= 0.6 is 0 Å². The predicted octanol–water partition coefficient (Wildman–Crippen LogP) is 0.905. The van der Waals surface area contributed by atoms with Gasteiger partial charge in [0, 0.05) is 19.1 Å². The summed E-state index contributed by atoms with van der Waals surface area (Å²) >= 11 is 0. The van der Waals surface area contributed by atoms with Gasteiger partial charge in [0.1, 0.15) is 0 Å². The quantitative estimate of drug-likeness (QED) is 0.849. The molecule has 4 nitrogen and oxygen atoms in total. The normalized spacial score (nSPS) is 24.4. The molecule has 1 fully saturated rings. The minimum absolute atomic E-state index is 0.111. The van der Waals surface area contributed by atoms with Gasteiger partial charge in [-0.05, 0) is 42.9 Å². The predicted molar refractivity (Wildman–Crippen MR) is 76.9 cm³/mol. The monoisotopic (exact) mass is 261 g/mol. The molecule has 1 amide bonds. The number of carbonyl (C=O) groups is 1. The van der Waals surface area contributed by atoms with Crippen molar-refractivity contribution in [2.75, 3.05) is 19.6 Å². The van der Waals surface area contributed by atoms with Crippen LogP contribution in [0.3, 0.4) is 0 Å². The van der Waals surface area contributed by atoms with Gasteiger partial charge in [0.05, 0.1) is 6.54 Å². The second-order valence-electron chi connectivity index (χ2n) is 5.70. The van der Waals surface area contributed by atoms with Gasteiger partial charge in [0.2, 0.25) is 5.91 Å². The van der Waals surface area contributed by atoms with Gasteiger partial charge < -0.3 is 11.5 Å². The summed E-state index contributed by atoms with van der Waals surface area (Å²) < 4.78 is 0. The number of nitrogens with zero attached hydrogens (tertiary/aromatic N) is 1. The second kappa shape index (κ2) is 5.72. The number of nitrogens with two attached hydrogens (primary N) is 2. The molecule has 0 bridgehead atoms. The zero-order valence-corrected chi connectivity index (χ0v) is 11.7. The Bertz CT molecular complexity index is 472. The molecule has 1 heterocycles. The third-order valence-electron chi connectivity index (χ3n) is 3.94. The fourth-order valence-corrected chi connectivity index (χ4v) is 2.84. The lowest BCUT2D eigenvalue weighted by molar-refractivity contribution is -0.119. The number of carbonyl (C=O) groups excluding carboxylic acids is 1. The molecule has 0 aliphatic carbocycles. The van der Waals surface area contributed by atoms with Crippen molar-refractivity contribution in [3.05, 3.63) is 34.9 Å². The van der Waals surface area contributed by atoms with Crippen LogP contribution in [0.25, 0.3) is 0 Å². The van der Waals surface area contributed by atoms with E-state index < -0.39 is 0 Å². The fraction of sp³-hybridized carbons (Fsp3) is 0.533. The Morgan fingerprint density at radius 2 is 2.05 bits per heavy atom. The summed E-state index contributed by atoms with van der Waals surface area (Å²) in [6.45, 7) is 6.16. The molecule has 19 heavy (non-hydrogen) atoms. The summed E-state index contributed by atoms with van der Waals surface area (Å²) in [5.74, 6) is 0.107. The molecule has 1 aromatic carbocycles. The highest BCUT2D eigenvalue weighted by atomic mass is 16.1. The van der Waals surface area contributed by atoms with E-state index in [2.05, 4.69) is 36.9 Å². The molecular formula is C15H23N3O. The molecule has 2 rings (SSSR count). The Kier molecular flexibility index (Phi) is 4.22. The molecule has 4 heteroatoms. The maximum Gasteiger partial charge on any atom is 0.231 e. The van der Waals surface area contributed by atoms with Crippen LogP contribution in [0.2, 0.25) is 0 Å². The molecule has 4 N–H and O–H groups in total. The number of amides is 1. The Balaban J connectivity index is 2.14. The molecule has 2 atom stereocenters. The van der Waals surface area contributed by atoms with E-state index in [0.29, 0.717) is 12.5 Å². The summed E-state index contributed by atoms with van der Waals surface area (Å²) in [7, 11) is 0. The summed E-state index contributed by atoms with van der Waals surface area (Å²) in [6.07, 6.45) is 0.970. The molecule has 0 aromatic heterocycles. The number of rotatable bonds is 3. The number of piperidine rings is 1. The Labute approximate surface area is 114 Å². The van der Waals surface area contributed by atoms with Gasteiger partial charge in [-0.25, -0.2) is 0 Å². The van der Waals surface area contributed by atoms with E-state index in [1.165, 1.54) is 16.7 Å². The topological polar surface area (TPSA) is 72.3 Å². The van der Waals surface area contributed by atoms with E-state index >= 15 is 0 Å². The van der Waals surface area contributed by atoms with E-state index in [9.17, 15) is 4.79 Å². The molecule has 2 unspecified atom stereocenters. The smallest absolute Gasteiger partial charge is 0.231 e. The lowest BCUT2D eigenvalue weighted by Gasteiger charge is -2.36. The largest absolute Gasteiger partial charge is 0.369 e. The average Bonchev–Trinajstić information content (AvgIpc) is 2.31. The second-order valence-corrected chi connectivity index (χ2v) is 5.70. The van der Waals surface area contributed by atoms with Gasteiger partial charge in [0.15, 0.2) is 0 Å². The lowest BCUT2D eigenvalue weighted by atomic mass is 9.87. The van der Waals surface area contributed by atoms with Crippen LogP contribution in [0, 0.1) is 13.8 Å². The van der Waals surface area contributed by atoms with Gasteiger partial charge in [-0.1, -0.05) is 18.2 Å². The first-order valence-corrected chi connectivity index (χ1v) is 6.79. The van der Waals surface area contributed by atoms with Crippen LogP contribution in [0.4, 0.5) is 0 Å². The molecule has 1 aliphatic heterocycles. The molecule has 0 saturated carbocycles. The first kappa shape index (κ1) is 14.0. The maximum absolute atomic E-state index is 11.1. The van der Waals surface area contributed by atoms with E-state index in [1.54, 1.807) is 0 Å². The first-order chi connectivity index (χ1) is 8.95. The molecule has 104 valence electrons. The zero-order chi connectivity index (χ0) is 14.0. The minimum atomic E-state index is -0.284. The van der Waals surface area contributed by atoms with Crippen LogP contribution in [0.5, 0.6) is 0 Å².